The van der Waals surface area contributed by atoms with Crippen molar-refractivity contribution in [1.29, 1.82) is 0 Å². The predicted octanol–water partition coefficient (Wildman–Crippen LogP) is 1.11. The van der Waals surface area contributed by atoms with Crippen molar-refractivity contribution in [2.24, 2.45) is 0 Å². The molecule has 1 spiro atoms. The Balaban J connectivity index is 1.52. The lowest BCUT2D eigenvalue weighted by Crippen LogP contribution is -2.53. The molecule has 3 saturated heterocycles. The van der Waals surface area contributed by atoms with Gasteiger partial charge >= 0.3 is 0 Å². The summed E-state index contributed by atoms with van der Waals surface area (Å²) in [5.41, 5.74) is -0.0677. The second-order valence-electron chi connectivity index (χ2n) is 6.40. The van der Waals surface area contributed by atoms with Gasteiger partial charge in [0.25, 0.3) is 0 Å². The molecule has 3 fully saturated rings. The van der Waals surface area contributed by atoms with Gasteiger partial charge in [-0.05, 0) is 25.7 Å². The fourth-order valence-corrected chi connectivity index (χ4v) is 3.59. The van der Waals surface area contributed by atoms with Gasteiger partial charge in [0.1, 0.15) is 5.60 Å². The van der Waals surface area contributed by atoms with Crippen molar-refractivity contribution in [1.82, 2.24) is 5.32 Å². The smallest absolute Gasteiger partial charge is 0.106 e. The second kappa shape index (κ2) is 6.28. The topological polar surface area (TPSA) is 49.0 Å². The van der Waals surface area contributed by atoms with Crippen LogP contribution in [0.15, 0.2) is 0 Å². The van der Waals surface area contributed by atoms with Crippen LogP contribution in [0.3, 0.4) is 0 Å². The zero-order chi connectivity index (χ0) is 13.9. The van der Waals surface area contributed by atoms with Crippen molar-refractivity contribution >= 4 is 0 Å². The Morgan fingerprint density at radius 2 is 1.90 bits per heavy atom. The van der Waals surface area contributed by atoms with Gasteiger partial charge in [-0.15, -0.1) is 0 Å². The summed E-state index contributed by atoms with van der Waals surface area (Å²) in [5, 5.41) is 3.70. The molecule has 0 aliphatic carbocycles. The number of hydrogen-bond donors (Lipinski definition) is 1. The first-order valence-electron chi connectivity index (χ1n) is 7.84. The molecule has 0 aromatic carbocycles. The highest BCUT2D eigenvalue weighted by molar-refractivity contribution is 4.94. The highest BCUT2D eigenvalue weighted by Gasteiger charge is 2.40. The van der Waals surface area contributed by atoms with Crippen LogP contribution in [0.1, 0.15) is 32.1 Å². The van der Waals surface area contributed by atoms with Crippen molar-refractivity contribution < 1.29 is 18.9 Å². The van der Waals surface area contributed by atoms with Crippen molar-refractivity contribution in [2.45, 2.75) is 49.3 Å². The molecule has 20 heavy (non-hydrogen) atoms. The minimum Gasteiger partial charge on any atom is -0.381 e. The molecule has 0 aromatic rings. The summed E-state index contributed by atoms with van der Waals surface area (Å²) in [7, 11) is 1.79. The number of rotatable bonds is 4. The molecule has 0 saturated carbocycles. The molecule has 2 unspecified atom stereocenters. The summed E-state index contributed by atoms with van der Waals surface area (Å²) in [5.74, 6) is 0. The van der Waals surface area contributed by atoms with E-state index in [1.165, 1.54) is 0 Å². The van der Waals surface area contributed by atoms with E-state index >= 15 is 0 Å². The molecule has 0 bridgehead atoms. The van der Waals surface area contributed by atoms with Gasteiger partial charge in [0, 0.05) is 52.5 Å². The molecule has 0 amide bonds. The lowest BCUT2D eigenvalue weighted by Gasteiger charge is -2.44. The molecule has 3 aliphatic heterocycles. The highest BCUT2D eigenvalue weighted by Crippen LogP contribution is 2.34. The number of methoxy groups -OCH3 is 1. The first-order valence-corrected chi connectivity index (χ1v) is 7.84. The van der Waals surface area contributed by atoms with Crippen molar-refractivity contribution in [3.8, 4) is 0 Å². The first kappa shape index (κ1) is 14.7. The van der Waals surface area contributed by atoms with Crippen molar-refractivity contribution in [2.75, 3.05) is 46.7 Å². The molecule has 3 aliphatic rings. The number of hydrogen-bond acceptors (Lipinski definition) is 5. The molecule has 1 N–H and O–H groups in total. The Morgan fingerprint density at radius 1 is 1.10 bits per heavy atom. The summed E-state index contributed by atoms with van der Waals surface area (Å²) in [6.45, 7) is 4.92. The van der Waals surface area contributed by atoms with E-state index in [2.05, 4.69) is 5.32 Å². The summed E-state index contributed by atoms with van der Waals surface area (Å²) in [4.78, 5) is 0. The third kappa shape index (κ3) is 3.17. The fourth-order valence-electron chi connectivity index (χ4n) is 3.59. The lowest BCUT2D eigenvalue weighted by molar-refractivity contribution is -0.141. The van der Waals surface area contributed by atoms with Gasteiger partial charge < -0.3 is 24.3 Å². The summed E-state index contributed by atoms with van der Waals surface area (Å²) < 4.78 is 22.7. The molecule has 2 atom stereocenters. The fraction of sp³-hybridized carbons (Fsp3) is 1.00. The van der Waals surface area contributed by atoms with Gasteiger partial charge in [0.15, 0.2) is 0 Å². The molecular formula is C15H27NO4. The van der Waals surface area contributed by atoms with E-state index in [9.17, 15) is 0 Å². The van der Waals surface area contributed by atoms with Crippen LogP contribution in [0.4, 0.5) is 0 Å². The quantitative estimate of drug-likeness (QED) is 0.838. The average Bonchev–Trinajstić information content (AvgIpc) is 2.96. The van der Waals surface area contributed by atoms with Crippen molar-refractivity contribution in [3.05, 3.63) is 0 Å². The van der Waals surface area contributed by atoms with Crippen molar-refractivity contribution in [3.63, 3.8) is 0 Å². The molecule has 3 rings (SSSR count). The van der Waals surface area contributed by atoms with E-state index in [1.807, 2.05) is 0 Å². The van der Waals surface area contributed by atoms with Crippen LogP contribution in [0.5, 0.6) is 0 Å². The highest BCUT2D eigenvalue weighted by atomic mass is 16.5. The van der Waals surface area contributed by atoms with Crippen LogP contribution in [0.25, 0.3) is 0 Å². The Morgan fingerprint density at radius 3 is 2.60 bits per heavy atom. The maximum atomic E-state index is 6.08. The van der Waals surface area contributed by atoms with E-state index < -0.39 is 0 Å². The first-order chi connectivity index (χ1) is 9.76. The van der Waals surface area contributed by atoms with Crippen LogP contribution in [0, 0.1) is 0 Å². The largest absolute Gasteiger partial charge is 0.381 e. The second-order valence-corrected chi connectivity index (χ2v) is 6.40. The van der Waals surface area contributed by atoms with Crippen LogP contribution in [-0.4, -0.2) is 63.9 Å². The monoisotopic (exact) mass is 285 g/mol. The maximum Gasteiger partial charge on any atom is 0.106 e. The van der Waals surface area contributed by atoms with Gasteiger partial charge in [-0.2, -0.15) is 0 Å². The third-order valence-electron chi connectivity index (χ3n) is 5.11. The predicted molar refractivity (Wildman–Crippen MR) is 74.9 cm³/mol. The van der Waals surface area contributed by atoms with Gasteiger partial charge in [0.05, 0.1) is 12.2 Å². The minimum atomic E-state index is -0.124. The van der Waals surface area contributed by atoms with Gasteiger partial charge in [-0.1, -0.05) is 0 Å². The third-order valence-corrected chi connectivity index (χ3v) is 5.11. The number of ether oxygens (including phenoxy) is 4. The maximum absolute atomic E-state index is 6.08. The standard InChI is InChI=1S/C15H27NO4/c1-17-15(5-9-19-12-15)11-16-13-2-6-20-14(10-13)3-7-18-8-4-14/h13,16H,2-12H2,1H3. The minimum absolute atomic E-state index is 0.0561. The Kier molecular flexibility index (Phi) is 4.62. The summed E-state index contributed by atoms with van der Waals surface area (Å²) in [6, 6.07) is 0.523. The molecular weight excluding hydrogens is 258 g/mol. The van der Waals surface area contributed by atoms with Crippen LogP contribution >= 0.6 is 0 Å². The molecule has 5 nitrogen and oxygen atoms in total. The zero-order valence-electron chi connectivity index (χ0n) is 12.5. The number of nitrogens with one attached hydrogen (secondary N) is 1. The molecule has 116 valence electrons. The normalized spacial score (nSPS) is 37.4. The van der Waals surface area contributed by atoms with Crippen LogP contribution in [-0.2, 0) is 18.9 Å². The lowest BCUT2D eigenvalue weighted by atomic mass is 9.84. The molecule has 0 aromatic heterocycles. The van der Waals surface area contributed by atoms with Gasteiger partial charge in [0.2, 0.25) is 0 Å². The van der Waals surface area contributed by atoms with Crippen LogP contribution in [0.2, 0.25) is 0 Å². The summed E-state index contributed by atoms with van der Waals surface area (Å²) in [6.07, 6.45) is 5.23. The Labute approximate surface area is 121 Å². The molecule has 5 heteroatoms. The Hall–Kier alpha value is -0.200. The van der Waals surface area contributed by atoms with E-state index in [-0.39, 0.29) is 11.2 Å². The molecule has 3 heterocycles. The summed E-state index contributed by atoms with van der Waals surface area (Å²) >= 11 is 0. The SMILES string of the molecule is COC1(CNC2CCOC3(CCOCC3)C2)CCOC1. The zero-order valence-corrected chi connectivity index (χ0v) is 12.5. The molecule has 0 radical (unpaired) electrons. The van der Waals surface area contributed by atoms with Gasteiger partial charge in [-0.25, -0.2) is 0 Å². The van der Waals surface area contributed by atoms with E-state index in [4.69, 9.17) is 18.9 Å². The van der Waals surface area contributed by atoms with E-state index in [0.29, 0.717) is 12.6 Å². The van der Waals surface area contributed by atoms with E-state index in [0.717, 1.165) is 65.1 Å². The Bertz CT molecular complexity index is 305. The van der Waals surface area contributed by atoms with E-state index in [1.54, 1.807) is 7.11 Å². The van der Waals surface area contributed by atoms with Crippen LogP contribution < -0.4 is 5.32 Å². The van der Waals surface area contributed by atoms with Gasteiger partial charge in [-0.3, -0.25) is 0 Å². The average molecular weight is 285 g/mol.